The van der Waals surface area contributed by atoms with Crippen LogP contribution in [0.1, 0.15) is 13.3 Å². The normalized spacial score (nSPS) is 22.6. The van der Waals surface area contributed by atoms with Gasteiger partial charge in [0, 0.05) is 18.1 Å². The van der Waals surface area contributed by atoms with Crippen LogP contribution >= 0.6 is 11.5 Å². The molecule has 0 bridgehead atoms. The van der Waals surface area contributed by atoms with Crippen LogP contribution in [0, 0.1) is 0 Å². The molecule has 5 nitrogen and oxygen atoms in total. The first-order valence-corrected chi connectivity index (χ1v) is 5.52. The number of ether oxygens (including phenoxy) is 1. The van der Waals surface area contributed by atoms with Crippen LogP contribution in [0.25, 0.3) is 0 Å². The molecule has 1 aromatic rings. The first kappa shape index (κ1) is 9.67. The van der Waals surface area contributed by atoms with E-state index in [2.05, 4.69) is 21.2 Å². The van der Waals surface area contributed by atoms with Crippen molar-refractivity contribution in [2.45, 2.75) is 19.4 Å². The molecule has 1 fully saturated rings. The molecule has 0 spiro atoms. The summed E-state index contributed by atoms with van der Waals surface area (Å²) in [5.74, 6) is 0.367. The Bertz CT molecular complexity index is 303. The summed E-state index contributed by atoms with van der Waals surface area (Å²) in [6.45, 7) is 4.57. The highest BCUT2D eigenvalue weighted by molar-refractivity contribution is 7.09. The largest absolute Gasteiger partial charge is 0.377 e. The molecular weight excluding hydrogens is 200 g/mol. The lowest BCUT2D eigenvalue weighted by molar-refractivity contribution is 0.0930. The SMILES string of the molecule is CCC1COCCN1c1nc(N)ns1. The average molecular weight is 214 g/mol. The Morgan fingerprint density at radius 2 is 2.57 bits per heavy atom. The molecule has 0 aromatic carbocycles. The van der Waals surface area contributed by atoms with Crippen LogP contribution in [-0.2, 0) is 4.74 Å². The van der Waals surface area contributed by atoms with E-state index in [1.807, 2.05) is 0 Å². The number of nitrogens with two attached hydrogens (primary N) is 1. The topological polar surface area (TPSA) is 64.3 Å². The van der Waals surface area contributed by atoms with Gasteiger partial charge in [-0.15, -0.1) is 0 Å². The Balaban J connectivity index is 2.14. The van der Waals surface area contributed by atoms with Gasteiger partial charge in [-0.05, 0) is 6.42 Å². The van der Waals surface area contributed by atoms with Gasteiger partial charge in [0.05, 0.1) is 19.3 Å². The maximum Gasteiger partial charge on any atom is 0.233 e. The number of hydrogen-bond donors (Lipinski definition) is 1. The molecule has 0 radical (unpaired) electrons. The summed E-state index contributed by atoms with van der Waals surface area (Å²) in [6.07, 6.45) is 1.06. The monoisotopic (exact) mass is 214 g/mol. The summed E-state index contributed by atoms with van der Waals surface area (Å²) in [5.41, 5.74) is 5.50. The standard InChI is InChI=1S/C8H14N4OS/c1-2-6-5-13-4-3-12(6)8-10-7(9)11-14-8/h6H,2-5H2,1H3,(H2,9,11). The molecule has 2 N–H and O–H groups in total. The number of rotatable bonds is 2. The van der Waals surface area contributed by atoms with E-state index in [9.17, 15) is 0 Å². The number of hydrogen-bond acceptors (Lipinski definition) is 6. The minimum atomic E-state index is 0.367. The second-order valence-electron chi connectivity index (χ2n) is 3.27. The van der Waals surface area contributed by atoms with Gasteiger partial charge in [-0.25, -0.2) is 0 Å². The molecule has 0 amide bonds. The molecule has 1 aliphatic heterocycles. The third kappa shape index (κ3) is 1.80. The van der Waals surface area contributed by atoms with E-state index >= 15 is 0 Å². The second kappa shape index (κ2) is 4.10. The molecule has 78 valence electrons. The predicted molar refractivity (Wildman–Crippen MR) is 56.6 cm³/mol. The minimum Gasteiger partial charge on any atom is -0.377 e. The molecule has 2 rings (SSSR count). The zero-order chi connectivity index (χ0) is 9.97. The Morgan fingerprint density at radius 3 is 3.21 bits per heavy atom. The van der Waals surface area contributed by atoms with Crippen LogP contribution in [0.3, 0.4) is 0 Å². The zero-order valence-electron chi connectivity index (χ0n) is 8.14. The van der Waals surface area contributed by atoms with Crippen LogP contribution in [0.5, 0.6) is 0 Å². The van der Waals surface area contributed by atoms with Crippen molar-refractivity contribution in [2.24, 2.45) is 0 Å². The van der Waals surface area contributed by atoms with E-state index in [0.29, 0.717) is 12.0 Å². The number of nitrogens with zero attached hydrogens (tertiary/aromatic N) is 3. The van der Waals surface area contributed by atoms with Gasteiger partial charge in [0.2, 0.25) is 11.1 Å². The van der Waals surface area contributed by atoms with Gasteiger partial charge in [0.15, 0.2) is 0 Å². The van der Waals surface area contributed by atoms with Gasteiger partial charge in [-0.3, -0.25) is 0 Å². The number of aromatic nitrogens is 2. The Labute approximate surface area is 87.0 Å². The zero-order valence-corrected chi connectivity index (χ0v) is 8.96. The molecule has 1 atom stereocenters. The van der Waals surface area contributed by atoms with Gasteiger partial charge >= 0.3 is 0 Å². The Hall–Kier alpha value is -0.880. The fourth-order valence-electron chi connectivity index (χ4n) is 1.59. The van der Waals surface area contributed by atoms with Crippen molar-refractivity contribution in [1.82, 2.24) is 9.36 Å². The highest BCUT2D eigenvalue weighted by Crippen LogP contribution is 2.23. The van der Waals surface area contributed by atoms with Crippen molar-refractivity contribution >= 4 is 22.6 Å². The molecule has 0 aliphatic carbocycles. The van der Waals surface area contributed by atoms with E-state index < -0.39 is 0 Å². The van der Waals surface area contributed by atoms with Crippen LogP contribution in [0.2, 0.25) is 0 Å². The van der Waals surface area contributed by atoms with Crippen LogP contribution in [0.4, 0.5) is 11.1 Å². The lowest BCUT2D eigenvalue weighted by Gasteiger charge is -2.34. The molecule has 6 heteroatoms. The van der Waals surface area contributed by atoms with E-state index in [1.54, 1.807) is 0 Å². The van der Waals surface area contributed by atoms with Crippen molar-refractivity contribution in [3.63, 3.8) is 0 Å². The van der Waals surface area contributed by atoms with Gasteiger partial charge in [0.1, 0.15) is 0 Å². The molecule has 2 heterocycles. The Morgan fingerprint density at radius 1 is 1.71 bits per heavy atom. The fourth-order valence-corrected chi connectivity index (χ4v) is 2.28. The van der Waals surface area contributed by atoms with Crippen molar-refractivity contribution in [3.8, 4) is 0 Å². The fraction of sp³-hybridized carbons (Fsp3) is 0.750. The smallest absolute Gasteiger partial charge is 0.233 e. The van der Waals surface area contributed by atoms with Gasteiger partial charge in [-0.1, -0.05) is 6.92 Å². The first-order valence-electron chi connectivity index (χ1n) is 4.75. The maximum atomic E-state index is 5.50. The van der Waals surface area contributed by atoms with Crippen LogP contribution < -0.4 is 10.6 Å². The van der Waals surface area contributed by atoms with Crippen molar-refractivity contribution in [1.29, 1.82) is 0 Å². The Kier molecular flexibility index (Phi) is 2.83. The third-order valence-electron chi connectivity index (χ3n) is 2.38. The number of anilines is 2. The summed E-state index contributed by atoms with van der Waals surface area (Å²) >= 11 is 1.36. The minimum absolute atomic E-state index is 0.367. The van der Waals surface area contributed by atoms with Gasteiger partial charge in [-0.2, -0.15) is 9.36 Å². The second-order valence-corrected chi connectivity index (χ2v) is 4.00. The molecular formula is C8H14N4OS. The van der Waals surface area contributed by atoms with Crippen LogP contribution in [0.15, 0.2) is 0 Å². The predicted octanol–water partition coefficient (Wildman–Crippen LogP) is 0.736. The lowest BCUT2D eigenvalue weighted by Crippen LogP contribution is -2.45. The highest BCUT2D eigenvalue weighted by Gasteiger charge is 2.24. The van der Waals surface area contributed by atoms with Crippen molar-refractivity contribution in [3.05, 3.63) is 0 Å². The molecule has 1 aliphatic rings. The van der Waals surface area contributed by atoms with E-state index in [-0.39, 0.29) is 0 Å². The molecule has 0 saturated carbocycles. The summed E-state index contributed by atoms with van der Waals surface area (Å²) in [4.78, 5) is 6.42. The third-order valence-corrected chi connectivity index (χ3v) is 3.14. The van der Waals surface area contributed by atoms with E-state index in [0.717, 1.165) is 31.3 Å². The maximum absolute atomic E-state index is 5.50. The lowest BCUT2D eigenvalue weighted by atomic mass is 10.2. The number of nitrogen functional groups attached to an aromatic ring is 1. The molecule has 1 unspecified atom stereocenters. The number of morpholine rings is 1. The molecule has 14 heavy (non-hydrogen) atoms. The van der Waals surface area contributed by atoms with Gasteiger partial charge < -0.3 is 15.4 Å². The van der Waals surface area contributed by atoms with E-state index in [1.165, 1.54) is 11.5 Å². The van der Waals surface area contributed by atoms with E-state index in [4.69, 9.17) is 10.5 Å². The highest BCUT2D eigenvalue weighted by atomic mass is 32.1. The molecule has 1 saturated heterocycles. The summed E-state index contributed by atoms with van der Waals surface area (Å²) in [5, 5.41) is 0.914. The average Bonchev–Trinajstić information content (AvgIpc) is 2.65. The van der Waals surface area contributed by atoms with Crippen LogP contribution in [-0.4, -0.2) is 35.2 Å². The summed E-state index contributed by atoms with van der Waals surface area (Å²) in [7, 11) is 0. The van der Waals surface area contributed by atoms with Crippen molar-refractivity contribution in [2.75, 3.05) is 30.4 Å². The first-order chi connectivity index (χ1) is 6.81. The summed E-state index contributed by atoms with van der Waals surface area (Å²) < 4.78 is 9.40. The quantitative estimate of drug-likeness (QED) is 0.786. The van der Waals surface area contributed by atoms with Gasteiger partial charge in [0.25, 0.3) is 0 Å². The summed E-state index contributed by atoms with van der Waals surface area (Å²) in [6, 6.07) is 0.413. The molecule has 1 aromatic heterocycles. The van der Waals surface area contributed by atoms with Crippen molar-refractivity contribution < 1.29 is 4.74 Å².